The molecule has 1 heterocycles. The minimum atomic E-state index is -0.763. The molecular formula is C20H19N3O4. The lowest BCUT2D eigenvalue weighted by Gasteiger charge is -2.11. The Morgan fingerprint density at radius 1 is 1.07 bits per heavy atom. The predicted octanol–water partition coefficient (Wildman–Crippen LogP) is 2.29. The summed E-state index contributed by atoms with van der Waals surface area (Å²) in [5.41, 5.74) is 1.36. The van der Waals surface area contributed by atoms with Gasteiger partial charge in [-0.3, -0.25) is 9.59 Å². The number of benzene rings is 2. The summed E-state index contributed by atoms with van der Waals surface area (Å²) < 4.78 is 6.19. The number of para-hydroxylation sites is 1. The molecule has 0 radical (unpaired) electrons. The Morgan fingerprint density at radius 2 is 1.74 bits per heavy atom. The summed E-state index contributed by atoms with van der Waals surface area (Å²) >= 11 is 0. The number of ether oxygens (including phenoxy) is 1. The van der Waals surface area contributed by atoms with Crippen molar-refractivity contribution in [3.8, 4) is 0 Å². The number of nitrogens with one attached hydrogen (secondary N) is 1. The summed E-state index contributed by atoms with van der Waals surface area (Å²) in [5, 5.41) is 7.48. The van der Waals surface area contributed by atoms with E-state index < -0.39 is 18.5 Å². The van der Waals surface area contributed by atoms with Gasteiger partial charge in [0, 0.05) is 18.1 Å². The van der Waals surface area contributed by atoms with Gasteiger partial charge in [-0.2, -0.15) is 5.10 Å². The van der Waals surface area contributed by atoms with Gasteiger partial charge in [0.1, 0.15) is 0 Å². The third kappa shape index (κ3) is 3.87. The van der Waals surface area contributed by atoms with E-state index >= 15 is 0 Å². The SMILES string of the molecule is CCc1ccccc1NC(=O)COC(=O)c1nn(C)c(=O)c2ccccc12. The third-order valence-electron chi connectivity index (χ3n) is 4.16. The van der Waals surface area contributed by atoms with Gasteiger partial charge >= 0.3 is 5.97 Å². The first-order chi connectivity index (χ1) is 13.0. The fraction of sp³-hybridized carbons (Fsp3) is 0.200. The molecule has 0 aliphatic heterocycles. The van der Waals surface area contributed by atoms with Crippen molar-refractivity contribution >= 4 is 28.3 Å². The van der Waals surface area contributed by atoms with Crippen LogP contribution in [0, 0.1) is 0 Å². The van der Waals surface area contributed by atoms with Gasteiger partial charge in [-0.1, -0.05) is 43.3 Å². The lowest BCUT2D eigenvalue weighted by atomic mass is 10.1. The largest absolute Gasteiger partial charge is 0.451 e. The number of fused-ring (bicyclic) bond motifs is 1. The number of aromatic nitrogens is 2. The number of hydrogen-bond acceptors (Lipinski definition) is 5. The Balaban J connectivity index is 1.75. The number of anilines is 1. The van der Waals surface area contributed by atoms with E-state index in [1.165, 1.54) is 7.05 Å². The van der Waals surface area contributed by atoms with Crippen LogP contribution in [0.2, 0.25) is 0 Å². The van der Waals surface area contributed by atoms with Gasteiger partial charge in [-0.05, 0) is 24.1 Å². The molecule has 0 spiro atoms. The molecule has 1 amide bonds. The standard InChI is InChI=1S/C20H19N3O4/c1-3-13-8-4-7-11-16(13)21-17(24)12-27-20(26)18-14-9-5-6-10-15(14)19(25)23(2)22-18/h4-11H,3,12H2,1-2H3,(H,21,24). The maximum atomic E-state index is 12.4. The smallest absolute Gasteiger partial charge is 0.359 e. The number of carbonyl (C=O) groups is 2. The summed E-state index contributed by atoms with van der Waals surface area (Å²) in [6, 6.07) is 14.1. The van der Waals surface area contributed by atoms with Gasteiger partial charge < -0.3 is 10.1 Å². The molecule has 0 saturated carbocycles. The molecular weight excluding hydrogens is 346 g/mol. The highest BCUT2D eigenvalue weighted by Crippen LogP contribution is 2.16. The highest BCUT2D eigenvalue weighted by Gasteiger charge is 2.18. The first-order valence-corrected chi connectivity index (χ1v) is 8.52. The van der Waals surface area contributed by atoms with Gasteiger partial charge in [0.25, 0.3) is 11.5 Å². The van der Waals surface area contributed by atoms with Crippen LogP contribution in [0.5, 0.6) is 0 Å². The van der Waals surface area contributed by atoms with Gasteiger partial charge in [-0.15, -0.1) is 0 Å². The average Bonchev–Trinajstić information content (AvgIpc) is 2.69. The van der Waals surface area contributed by atoms with Gasteiger partial charge in [0.2, 0.25) is 0 Å². The summed E-state index contributed by atoms with van der Waals surface area (Å²) in [5.74, 6) is -1.21. The number of nitrogens with zero attached hydrogens (tertiary/aromatic N) is 2. The van der Waals surface area contributed by atoms with Crippen LogP contribution in [0.25, 0.3) is 10.8 Å². The van der Waals surface area contributed by atoms with Crippen molar-refractivity contribution in [2.45, 2.75) is 13.3 Å². The number of esters is 1. The molecule has 0 atom stereocenters. The minimum Gasteiger partial charge on any atom is -0.451 e. The van der Waals surface area contributed by atoms with E-state index in [0.717, 1.165) is 16.7 Å². The summed E-state index contributed by atoms with van der Waals surface area (Å²) in [6.07, 6.45) is 0.768. The maximum Gasteiger partial charge on any atom is 0.359 e. The molecule has 0 aliphatic carbocycles. The van der Waals surface area contributed by atoms with Crippen molar-refractivity contribution in [3.63, 3.8) is 0 Å². The molecule has 0 unspecified atom stereocenters. The van der Waals surface area contributed by atoms with Crippen molar-refractivity contribution in [3.05, 3.63) is 70.1 Å². The fourth-order valence-corrected chi connectivity index (χ4v) is 2.79. The Labute approximate surface area is 155 Å². The van der Waals surface area contributed by atoms with Crippen molar-refractivity contribution in [2.24, 2.45) is 7.05 Å². The third-order valence-corrected chi connectivity index (χ3v) is 4.16. The number of aryl methyl sites for hydroxylation is 2. The van der Waals surface area contributed by atoms with Crippen molar-refractivity contribution in [2.75, 3.05) is 11.9 Å². The van der Waals surface area contributed by atoms with Crippen LogP contribution >= 0.6 is 0 Å². The van der Waals surface area contributed by atoms with Crippen molar-refractivity contribution in [1.29, 1.82) is 0 Å². The molecule has 1 aromatic heterocycles. The van der Waals surface area contributed by atoms with Crippen LogP contribution in [0.1, 0.15) is 23.0 Å². The molecule has 138 valence electrons. The first-order valence-electron chi connectivity index (χ1n) is 8.52. The van der Waals surface area contributed by atoms with Gasteiger partial charge in [0.05, 0.1) is 5.39 Å². The second kappa shape index (κ2) is 7.82. The molecule has 1 N–H and O–H groups in total. The highest BCUT2D eigenvalue weighted by atomic mass is 16.5. The van der Waals surface area contributed by atoms with Crippen LogP contribution < -0.4 is 10.9 Å². The number of hydrogen-bond donors (Lipinski definition) is 1. The molecule has 7 heteroatoms. The molecule has 2 aromatic carbocycles. The Morgan fingerprint density at radius 3 is 2.48 bits per heavy atom. The number of amides is 1. The minimum absolute atomic E-state index is 0.00513. The highest BCUT2D eigenvalue weighted by molar-refractivity contribution is 6.03. The Hall–Kier alpha value is -3.48. The maximum absolute atomic E-state index is 12.4. The van der Waals surface area contributed by atoms with Crippen LogP contribution in [0.3, 0.4) is 0 Å². The number of rotatable bonds is 5. The lowest BCUT2D eigenvalue weighted by Crippen LogP contribution is -2.26. The monoisotopic (exact) mass is 365 g/mol. The van der Waals surface area contributed by atoms with Crippen LogP contribution in [0.15, 0.2) is 53.3 Å². The quantitative estimate of drug-likeness (QED) is 0.701. The Bertz CT molecular complexity index is 1070. The molecule has 7 nitrogen and oxygen atoms in total. The predicted molar refractivity (Wildman–Crippen MR) is 102 cm³/mol. The average molecular weight is 365 g/mol. The van der Waals surface area contributed by atoms with Crippen LogP contribution in [-0.2, 0) is 23.0 Å². The summed E-state index contributed by atoms with van der Waals surface area (Å²) in [6.45, 7) is 1.54. The van der Waals surface area contributed by atoms with Crippen molar-refractivity contribution < 1.29 is 14.3 Å². The molecule has 3 rings (SSSR count). The number of carbonyl (C=O) groups excluding carboxylic acids is 2. The van der Waals surface area contributed by atoms with Gasteiger partial charge in [-0.25, -0.2) is 9.48 Å². The molecule has 0 bridgehead atoms. The van der Waals surface area contributed by atoms with E-state index in [4.69, 9.17) is 4.74 Å². The fourth-order valence-electron chi connectivity index (χ4n) is 2.79. The van der Waals surface area contributed by atoms with Crippen LogP contribution in [-0.4, -0.2) is 28.3 Å². The zero-order valence-corrected chi connectivity index (χ0v) is 15.1. The second-order valence-electron chi connectivity index (χ2n) is 5.96. The molecule has 0 fully saturated rings. The van der Waals surface area contributed by atoms with Gasteiger partial charge in [0.15, 0.2) is 12.3 Å². The van der Waals surface area contributed by atoms with E-state index in [1.807, 2.05) is 25.1 Å². The summed E-state index contributed by atoms with van der Waals surface area (Å²) in [7, 11) is 1.46. The molecule has 3 aromatic rings. The van der Waals surface area contributed by atoms with Crippen molar-refractivity contribution in [1.82, 2.24) is 9.78 Å². The van der Waals surface area contributed by atoms with E-state index in [0.29, 0.717) is 16.5 Å². The zero-order valence-electron chi connectivity index (χ0n) is 15.1. The summed E-state index contributed by atoms with van der Waals surface area (Å²) in [4.78, 5) is 36.7. The Kier molecular flexibility index (Phi) is 5.30. The van der Waals surface area contributed by atoms with E-state index in [9.17, 15) is 14.4 Å². The van der Waals surface area contributed by atoms with E-state index in [-0.39, 0.29) is 11.3 Å². The van der Waals surface area contributed by atoms with Crippen LogP contribution in [0.4, 0.5) is 5.69 Å². The topological polar surface area (TPSA) is 90.3 Å². The van der Waals surface area contributed by atoms with E-state index in [2.05, 4.69) is 10.4 Å². The normalized spacial score (nSPS) is 10.6. The molecule has 0 saturated heterocycles. The lowest BCUT2D eigenvalue weighted by molar-refractivity contribution is -0.119. The second-order valence-corrected chi connectivity index (χ2v) is 5.96. The molecule has 0 aliphatic rings. The zero-order chi connectivity index (χ0) is 19.4. The first kappa shape index (κ1) is 18.3. The van der Waals surface area contributed by atoms with E-state index in [1.54, 1.807) is 30.3 Å². The molecule has 27 heavy (non-hydrogen) atoms.